The highest BCUT2D eigenvalue weighted by molar-refractivity contribution is 7.92. The second-order valence-electron chi connectivity index (χ2n) is 9.02. The lowest BCUT2D eigenvalue weighted by molar-refractivity contribution is -0.123. The van der Waals surface area contributed by atoms with Crippen LogP contribution in [0.4, 0.5) is 11.4 Å². The molecule has 0 atom stereocenters. The smallest absolute Gasteiger partial charge is 0.335 e. The van der Waals surface area contributed by atoms with Gasteiger partial charge in [-0.15, -0.1) is 0 Å². The van der Waals surface area contributed by atoms with Crippen LogP contribution in [0.25, 0.3) is 0 Å². The van der Waals surface area contributed by atoms with Gasteiger partial charge in [0.05, 0.1) is 28.4 Å². The van der Waals surface area contributed by atoms with Crippen molar-refractivity contribution in [1.29, 1.82) is 0 Å². The van der Waals surface area contributed by atoms with E-state index in [0.717, 1.165) is 0 Å². The van der Waals surface area contributed by atoms with Crippen molar-refractivity contribution in [3.8, 4) is 0 Å². The average molecular weight is 475 g/mol. The Morgan fingerprint density at radius 1 is 1.00 bits per heavy atom. The third kappa shape index (κ3) is 6.69. The highest BCUT2D eigenvalue weighted by atomic mass is 32.2. The molecule has 0 aromatic heterocycles. The normalized spacial score (nSPS) is 15.2. The van der Waals surface area contributed by atoms with Gasteiger partial charge in [0.15, 0.2) is 0 Å². The highest BCUT2D eigenvalue weighted by Crippen LogP contribution is 2.30. The Morgan fingerprint density at radius 2 is 1.64 bits per heavy atom. The van der Waals surface area contributed by atoms with Crippen LogP contribution in [-0.4, -0.2) is 68.6 Å². The van der Waals surface area contributed by atoms with Crippen LogP contribution in [0.1, 0.15) is 31.1 Å². The van der Waals surface area contributed by atoms with Crippen LogP contribution in [0.5, 0.6) is 0 Å². The van der Waals surface area contributed by atoms with E-state index in [0.29, 0.717) is 31.9 Å². The lowest BCUT2D eigenvalue weighted by Crippen LogP contribution is -2.51. The molecule has 1 aliphatic rings. The van der Waals surface area contributed by atoms with Crippen molar-refractivity contribution >= 4 is 33.3 Å². The van der Waals surface area contributed by atoms with E-state index in [1.165, 1.54) is 24.3 Å². The number of carboxylic acids is 1. The van der Waals surface area contributed by atoms with Crippen molar-refractivity contribution in [2.75, 3.05) is 42.3 Å². The lowest BCUT2D eigenvalue weighted by Gasteiger charge is -2.37. The quantitative estimate of drug-likeness (QED) is 0.563. The van der Waals surface area contributed by atoms with Gasteiger partial charge in [0, 0.05) is 31.7 Å². The number of sulfonamides is 1. The van der Waals surface area contributed by atoms with Gasteiger partial charge in [0.25, 0.3) is 10.0 Å². The third-order valence-electron chi connectivity index (χ3n) is 5.14. The summed E-state index contributed by atoms with van der Waals surface area (Å²) < 4.78 is 28.3. The minimum Gasteiger partial charge on any atom is -0.478 e. The van der Waals surface area contributed by atoms with Gasteiger partial charge in [0.1, 0.15) is 0 Å². The molecule has 1 amide bonds. The van der Waals surface area contributed by atoms with Crippen LogP contribution >= 0.6 is 0 Å². The van der Waals surface area contributed by atoms with Crippen LogP contribution in [0.2, 0.25) is 0 Å². The van der Waals surface area contributed by atoms with Gasteiger partial charge in [-0.05, 0) is 51.1 Å². The molecule has 3 N–H and O–H groups in total. The van der Waals surface area contributed by atoms with E-state index < -0.39 is 16.0 Å². The van der Waals surface area contributed by atoms with Gasteiger partial charge in [-0.2, -0.15) is 0 Å². The molecule has 0 spiro atoms. The molecule has 9 nitrogen and oxygen atoms in total. The fraction of sp³-hybridized carbons (Fsp3) is 0.391. The monoisotopic (exact) mass is 474 g/mol. The van der Waals surface area contributed by atoms with Gasteiger partial charge >= 0.3 is 5.97 Å². The van der Waals surface area contributed by atoms with Crippen LogP contribution in [0, 0.1) is 0 Å². The Labute approximate surface area is 194 Å². The van der Waals surface area contributed by atoms with Crippen molar-refractivity contribution in [2.24, 2.45) is 0 Å². The summed E-state index contributed by atoms with van der Waals surface area (Å²) in [7, 11) is -3.89. The van der Waals surface area contributed by atoms with E-state index in [1.807, 2.05) is 30.6 Å². The van der Waals surface area contributed by atoms with Crippen molar-refractivity contribution in [3.05, 3.63) is 54.1 Å². The zero-order valence-electron chi connectivity index (χ0n) is 19.0. The molecule has 33 heavy (non-hydrogen) atoms. The summed E-state index contributed by atoms with van der Waals surface area (Å²) in [4.78, 5) is 27.8. The third-order valence-corrected chi connectivity index (χ3v) is 6.52. The van der Waals surface area contributed by atoms with E-state index in [4.69, 9.17) is 0 Å². The number of amides is 1. The largest absolute Gasteiger partial charge is 0.478 e. The molecular weight excluding hydrogens is 444 g/mol. The zero-order valence-corrected chi connectivity index (χ0v) is 19.9. The zero-order chi connectivity index (χ0) is 24.2. The Morgan fingerprint density at radius 3 is 2.21 bits per heavy atom. The van der Waals surface area contributed by atoms with Crippen molar-refractivity contribution in [3.63, 3.8) is 0 Å². The molecule has 2 aromatic carbocycles. The molecule has 0 aliphatic carbocycles. The molecule has 3 rings (SSSR count). The minimum absolute atomic E-state index is 0.0120. The van der Waals surface area contributed by atoms with Gasteiger partial charge in [-0.1, -0.05) is 18.2 Å². The molecule has 1 fully saturated rings. The first-order valence-corrected chi connectivity index (χ1v) is 12.2. The number of nitrogens with one attached hydrogen (secondary N) is 2. The molecule has 1 aliphatic heterocycles. The van der Waals surface area contributed by atoms with Crippen molar-refractivity contribution in [2.45, 2.75) is 31.2 Å². The summed E-state index contributed by atoms with van der Waals surface area (Å²) in [5, 5.41) is 12.3. The number of carbonyl (C=O) groups excluding carboxylic acids is 1. The maximum absolute atomic E-state index is 12.9. The van der Waals surface area contributed by atoms with E-state index in [9.17, 15) is 23.1 Å². The van der Waals surface area contributed by atoms with Gasteiger partial charge < -0.3 is 15.3 Å². The number of aromatic carboxylic acids is 1. The number of carbonyl (C=O) groups is 2. The molecule has 10 heteroatoms. The average Bonchev–Trinajstić information content (AvgIpc) is 2.73. The van der Waals surface area contributed by atoms with Crippen molar-refractivity contribution < 1.29 is 23.1 Å². The second kappa shape index (κ2) is 9.80. The first kappa shape index (κ1) is 24.5. The first-order valence-electron chi connectivity index (χ1n) is 10.7. The molecule has 1 saturated heterocycles. The van der Waals surface area contributed by atoms with E-state index >= 15 is 0 Å². The Balaban J connectivity index is 1.77. The predicted molar refractivity (Wildman–Crippen MR) is 127 cm³/mol. The maximum Gasteiger partial charge on any atom is 0.335 e. The summed E-state index contributed by atoms with van der Waals surface area (Å²) in [5.41, 5.74) is 0.494. The number of carboxylic acid groups (broad SMARTS) is 1. The number of hydrogen-bond donors (Lipinski definition) is 3. The molecule has 178 valence electrons. The maximum atomic E-state index is 12.9. The summed E-state index contributed by atoms with van der Waals surface area (Å²) in [6, 6.07) is 12.3. The summed E-state index contributed by atoms with van der Waals surface area (Å²) >= 11 is 0. The van der Waals surface area contributed by atoms with Crippen LogP contribution < -0.4 is 14.9 Å². The molecule has 0 unspecified atom stereocenters. The number of hydrogen-bond acceptors (Lipinski definition) is 6. The summed E-state index contributed by atoms with van der Waals surface area (Å²) in [5.74, 6) is -1.19. The summed E-state index contributed by atoms with van der Waals surface area (Å²) in [6.45, 7) is 8.44. The summed E-state index contributed by atoms with van der Waals surface area (Å²) in [6.07, 6.45) is 0. The topological polar surface area (TPSA) is 119 Å². The molecule has 0 bridgehead atoms. The first-order chi connectivity index (χ1) is 15.4. The van der Waals surface area contributed by atoms with Gasteiger partial charge in [-0.3, -0.25) is 14.4 Å². The molecule has 2 aromatic rings. The lowest BCUT2D eigenvalue weighted by atomic mass is 10.1. The van der Waals surface area contributed by atoms with E-state index in [1.54, 1.807) is 24.3 Å². The van der Waals surface area contributed by atoms with Gasteiger partial charge in [-0.25, -0.2) is 13.2 Å². The number of rotatable bonds is 7. The number of anilines is 2. The van der Waals surface area contributed by atoms with Gasteiger partial charge in [0.2, 0.25) is 5.91 Å². The number of nitrogens with zero attached hydrogens (tertiary/aromatic N) is 2. The minimum atomic E-state index is -3.89. The molecule has 0 radical (unpaired) electrons. The Bertz CT molecular complexity index is 1110. The van der Waals surface area contributed by atoms with Crippen LogP contribution in [0.3, 0.4) is 0 Å². The van der Waals surface area contributed by atoms with Crippen LogP contribution in [-0.2, 0) is 14.8 Å². The number of benzene rings is 2. The van der Waals surface area contributed by atoms with E-state index in [2.05, 4.69) is 10.0 Å². The Hall–Kier alpha value is -3.11. The molecule has 0 saturated carbocycles. The Kier molecular flexibility index (Phi) is 7.28. The van der Waals surface area contributed by atoms with Crippen LogP contribution in [0.15, 0.2) is 53.4 Å². The SMILES string of the molecule is CC(C)(C)NC(=O)CN1CCN(c2ccc(C(=O)O)cc2NS(=O)(=O)c2ccccc2)CC1. The van der Waals surface area contributed by atoms with E-state index in [-0.39, 0.29) is 34.1 Å². The van der Waals surface area contributed by atoms with Crippen molar-refractivity contribution in [1.82, 2.24) is 10.2 Å². The highest BCUT2D eigenvalue weighted by Gasteiger charge is 2.25. The molecular formula is C23H30N4O5S. The second-order valence-corrected chi connectivity index (χ2v) is 10.7. The number of piperazine rings is 1. The fourth-order valence-corrected chi connectivity index (χ4v) is 4.72. The standard InChI is InChI=1S/C23H30N4O5S/c1-23(2,3)24-21(28)16-26-11-13-27(14-12-26)20-10-9-17(22(29)30)15-19(20)25-33(31,32)18-7-5-4-6-8-18/h4-10,15,25H,11-14,16H2,1-3H3,(H,24,28)(H,29,30). The molecule has 1 heterocycles. The fourth-order valence-electron chi connectivity index (χ4n) is 3.64. The predicted octanol–water partition coefficient (Wildman–Crippen LogP) is 2.22.